The number of nitrogens with zero attached hydrogens (tertiary/aromatic N) is 2. The first-order valence-electron chi connectivity index (χ1n) is 8.06. The van der Waals surface area contributed by atoms with Crippen LogP contribution in [0.2, 0.25) is 10.0 Å². The van der Waals surface area contributed by atoms with Crippen LogP contribution in [-0.4, -0.2) is 16.7 Å². The molecule has 0 saturated heterocycles. The van der Waals surface area contributed by atoms with Crippen molar-refractivity contribution in [2.24, 2.45) is 5.10 Å². The van der Waals surface area contributed by atoms with Crippen molar-refractivity contribution in [3.05, 3.63) is 104 Å². The highest BCUT2D eigenvalue weighted by molar-refractivity contribution is 6.33. The summed E-state index contributed by atoms with van der Waals surface area (Å²) < 4.78 is 1.45. The Hall–Kier alpha value is -2.89. The Morgan fingerprint density at radius 3 is 2.52 bits per heavy atom. The molecule has 0 atom stereocenters. The van der Waals surface area contributed by atoms with E-state index < -0.39 is 11.5 Å². The van der Waals surface area contributed by atoms with Crippen LogP contribution in [0.3, 0.4) is 0 Å². The van der Waals surface area contributed by atoms with Gasteiger partial charge in [0.05, 0.1) is 12.8 Å². The van der Waals surface area contributed by atoms with Gasteiger partial charge in [0, 0.05) is 21.8 Å². The van der Waals surface area contributed by atoms with E-state index in [1.807, 2.05) is 18.2 Å². The van der Waals surface area contributed by atoms with Crippen LogP contribution in [0, 0.1) is 0 Å². The Kier molecular flexibility index (Phi) is 6.06. The number of carbonyl (C=O) groups is 1. The molecule has 3 aromatic rings. The third-order valence-electron chi connectivity index (χ3n) is 3.81. The van der Waals surface area contributed by atoms with Gasteiger partial charge in [0.2, 0.25) is 0 Å². The average Bonchev–Trinajstić information content (AvgIpc) is 2.66. The van der Waals surface area contributed by atoms with Crippen LogP contribution in [0.15, 0.2) is 76.8 Å². The molecule has 3 rings (SSSR count). The van der Waals surface area contributed by atoms with Gasteiger partial charge in [-0.05, 0) is 35.9 Å². The molecule has 1 aromatic heterocycles. The first kappa shape index (κ1) is 18.9. The number of nitrogens with one attached hydrogen (secondary N) is 1. The summed E-state index contributed by atoms with van der Waals surface area (Å²) in [5.74, 6) is -0.589. The minimum absolute atomic E-state index is 0.00257. The van der Waals surface area contributed by atoms with Crippen molar-refractivity contribution in [2.75, 3.05) is 0 Å². The lowest BCUT2D eigenvalue weighted by molar-refractivity contribution is 0.0953. The molecule has 0 spiro atoms. The molecule has 0 saturated carbocycles. The van der Waals surface area contributed by atoms with Gasteiger partial charge < -0.3 is 4.57 Å². The predicted octanol–water partition coefficient (Wildman–Crippen LogP) is 3.97. The van der Waals surface area contributed by atoms with Crippen molar-refractivity contribution in [2.45, 2.75) is 6.54 Å². The molecule has 2 aromatic carbocycles. The van der Waals surface area contributed by atoms with E-state index in [4.69, 9.17) is 23.2 Å². The number of hydrazone groups is 1. The zero-order chi connectivity index (χ0) is 19.2. The van der Waals surface area contributed by atoms with Crippen molar-refractivity contribution in [1.82, 2.24) is 9.99 Å². The fraction of sp³-hybridized carbons (Fsp3) is 0.0500. The van der Waals surface area contributed by atoms with Gasteiger partial charge in [0.1, 0.15) is 5.56 Å². The molecule has 1 N–H and O–H groups in total. The molecule has 0 fully saturated rings. The molecule has 5 nitrogen and oxygen atoms in total. The average molecular weight is 400 g/mol. The highest BCUT2D eigenvalue weighted by Crippen LogP contribution is 2.12. The van der Waals surface area contributed by atoms with E-state index in [1.165, 1.54) is 16.8 Å². The van der Waals surface area contributed by atoms with Crippen LogP contribution in [-0.2, 0) is 6.54 Å². The number of amides is 1. The largest absolute Gasteiger partial charge is 0.310 e. The fourth-order valence-corrected chi connectivity index (χ4v) is 2.73. The van der Waals surface area contributed by atoms with Crippen molar-refractivity contribution in [3.8, 4) is 0 Å². The van der Waals surface area contributed by atoms with Gasteiger partial charge in [-0.2, -0.15) is 5.10 Å². The lowest BCUT2D eigenvalue weighted by Crippen LogP contribution is -2.30. The number of carbonyl (C=O) groups excluding carboxylic acids is 1. The van der Waals surface area contributed by atoms with E-state index in [2.05, 4.69) is 10.5 Å². The minimum Gasteiger partial charge on any atom is -0.310 e. The fourth-order valence-electron chi connectivity index (χ4n) is 2.42. The molecular weight excluding hydrogens is 385 g/mol. The molecule has 7 heteroatoms. The smallest absolute Gasteiger partial charge is 0.276 e. The van der Waals surface area contributed by atoms with E-state index in [0.29, 0.717) is 22.2 Å². The summed E-state index contributed by atoms with van der Waals surface area (Å²) in [7, 11) is 0. The third-order valence-corrected chi connectivity index (χ3v) is 4.40. The number of halogens is 2. The molecule has 0 aliphatic carbocycles. The summed E-state index contributed by atoms with van der Waals surface area (Å²) >= 11 is 11.9. The summed E-state index contributed by atoms with van der Waals surface area (Å²) in [6.07, 6.45) is 3.05. The standard InChI is InChI=1S/C20H15Cl2N3O2/c21-16-9-7-14(8-10-16)13-25-11-3-5-17(20(25)27)19(26)24-23-12-15-4-1-2-6-18(15)22/h1-12H,13H2,(H,24,26)/b23-12-. The van der Waals surface area contributed by atoms with Crippen LogP contribution in [0.5, 0.6) is 0 Å². The van der Waals surface area contributed by atoms with Gasteiger partial charge in [-0.1, -0.05) is 53.5 Å². The van der Waals surface area contributed by atoms with E-state index in [-0.39, 0.29) is 5.56 Å². The monoisotopic (exact) mass is 399 g/mol. The van der Waals surface area contributed by atoms with Crippen LogP contribution in [0.25, 0.3) is 0 Å². The second-order valence-electron chi connectivity index (χ2n) is 5.70. The quantitative estimate of drug-likeness (QED) is 0.521. The molecule has 0 unspecified atom stereocenters. The van der Waals surface area contributed by atoms with Crippen LogP contribution < -0.4 is 11.0 Å². The highest BCUT2D eigenvalue weighted by atomic mass is 35.5. The summed E-state index contributed by atoms with van der Waals surface area (Å²) in [6, 6.07) is 17.4. The first-order valence-corrected chi connectivity index (χ1v) is 8.82. The lowest BCUT2D eigenvalue weighted by atomic mass is 10.2. The van der Waals surface area contributed by atoms with E-state index in [9.17, 15) is 9.59 Å². The molecule has 1 heterocycles. The van der Waals surface area contributed by atoms with Gasteiger partial charge >= 0.3 is 0 Å². The van der Waals surface area contributed by atoms with Crippen LogP contribution >= 0.6 is 23.2 Å². The second-order valence-corrected chi connectivity index (χ2v) is 6.55. The Morgan fingerprint density at radius 2 is 1.78 bits per heavy atom. The zero-order valence-corrected chi connectivity index (χ0v) is 15.6. The number of hydrogen-bond donors (Lipinski definition) is 1. The van der Waals surface area contributed by atoms with Gasteiger partial charge in [-0.25, -0.2) is 5.43 Å². The van der Waals surface area contributed by atoms with Crippen molar-refractivity contribution in [3.63, 3.8) is 0 Å². The molecule has 136 valence electrons. The maximum absolute atomic E-state index is 12.6. The summed E-state index contributed by atoms with van der Waals surface area (Å²) in [5, 5.41) is 5.01. The van der Waals surface area contributed by atoms with Gasteiger partial charge in [0.25, 0.3) is 11.5 Å². The van der Waals surface area contributed by atoms with Crippen LogP contribution in [0.1, 0.15) is 21.5 Å². The molecule has 0 bridgehead atoms. The number of hydrogen-bond acceptors (Lipinski definition) is 3. The summed E-state index contributed by atoms with van der Waals surface area (Å²) in [5.41, 5.74) is 3.51. The molecule has 27 heavy (non-hydrogen) atoms. The van der Waals surface area contributed by atoms with Gasteiger partial charge in [0.15, 0.2) is 0 Å². The minimum atomic E-state index is -0.589. The molecule has 0 aliphatic rings. The highest BCUT2D eigenvalue weighted by Gasteiger charge is 2.11. The normalized spacial score (nSPS) is 10.9. The van der Waals surface area contributed by atoms with Crippen molar-refractivity contribution >= 4 is 35.3 Å². The Bertz CT molecular complexity index is 1040. The van der Waals surface area contributed by atoms with Crippen molar-refractivity contribution in [1.29, 1.82) is 0 Å². The maximum Gasteiger partial charge on any atom is 0.276 e. The van der Waals surface area contributed by atoms with Crippen molar-refractivity contribution < 1.29 is 4.79 Å². The van der Waals surface area contributed by atoms with Gasteiger partial charge in [-0.15, -0.1) is 0 Å². The summed E-state index contributed by atoms with van der Waals surface area (Å²) in [6.45, 7) is 0.333. The molecular formula is C20H15Cl2N3O2. The molecule has 1 amide bonds. The van der Waals surface area contributed by atoms with Crippen LogP contribution in [0.4, 0.5) is 0 Å². The first-order chi connectivity index (χ1) is 13.0. The maximum atomic E-state index is 12.6. The number of pyridine rings is 1. The zero-order valence-electron chi connectivity index (χ0n) is 14.1. The topological polar surface area (TPSA) is 63.5 Å². The predicted molar refractivity (Wildman–Crippen MR) is 108 cm³/mol. The Balaban J connectivity index is 1.74. The SMILES string of the molecule is O=C(N/N=C\c1ccccc1Cl)c1cccn(Cc2ccc(Cl)cc2)c1=O. The summed E-state index contributed by atoms with van der Waals surface area (Å²) in [4.78, 5) is 24.9. The molecule has 0 aliphatic heterocycles. The lowest BCUT2D eigenvalue weighted by Gasteiger charge is -2.08. The van der Waals surface area contributed by atoms with E-state index >= 15 is 0 Å². The number of benzene rings is 2. The number of aromatic nitrogens is 1. The molecule has 0 radical (unpaired) electrons. The Labute approximate surface area is 165 Å². The van der Waals surface area contributed by atoms with E-state index in [1.54, 1.807) is 42.6 Å². The van der Waals surface area contributed by atoms with Gasteiger partial charge in [-0.3, -0.25) is 9.59 Å². The number of rotatable bonds is 5. The Morgan fingerprint density at radius 1 is 1.04 bits per heavy atom. The van der Waals surface area contributed by atoms with E-state index in [0.717, 1.165) is 5.56 Å². The third kappa shape index (κ3) is 4.84. The second kappa shape index (κ2) is 8.66.